The number of aromatic nitrogens is 2. The molecule has 1 aromatic carbocycles. The largest absolute Gasteiger partial charge is 0.452 e. The van der Waals surface area contributed by atoms with E-state index in [0.717, 1.165) is 0 Å². The summed E-state index contributed by atoms with van der Waals surface area (Å²) in [4.78, 5) is 31.9. The molecular weight excluding hydrogens is 403 g/mol. The Hall–Kier alpha value is -2.09. The van der Waals surface area contributed by atoms with E-state index in [9.17, 15) is 9.59 Å². The topological polar surface area (TPSA) is 93.2 Å². The van der Waals surface area contributed by atoms with Crippen LogP contribution in [0.25, 0.3) is 0 Å². The van der Waals surface area contributed by atoms with Crippen molar-refractivity contribution in [3.05, 3.63) is 45.7 Å². The highest BCUT2D eigenvalue weighted by molar-refractivity contribution is 6.44. The van der Waals surface area contributed by atoms with E-state index in [1.165, 1.54) is 19.1 Å². The molecule has 2 aromatic rings. The average molecular weight is 418 g/mol. The number of rotatable bonds is 7. The molecule has 0 aliphatic rings. The lowest BCUT2D eigenvalue weighted by Crippen LogP contribution is -2.30. The first-order chi connectivity index (χ1) is 12.4. The molecule has 0 fully saturated rings. The highest BCUT2D eigenvalue weighted by Gasteiger charge is 2.19. The zero-order valence-electron chi connectivity index (χ0n) is 13.6. The molecule has 0 saturated carbocycles. The van der Waals surface area contributed by atoms with E-state index in [1.807, 2.05) is 0 Å². The summed E-state index contributed by atoms with van der Waals surface area (Å²) in [5.41, 5.74) is 0.275. The summed E-state index contributed by atoms with van der Waals surface area (Å²) in [5.74, 6) is -0.686. The van der Waals surface area contributed by atoms with Crippen LogP contribution in [0, 0.1) is 0 Å². The standard InChI is InChI=1S/C16H15Cl3N4O3/c1-9(15(25)23-13-8-11(18)10(17)7-12(13)19)26-14(24)3-6-22-16-20-4-2-5-21-16/h2,4-5,7-9H,3,6H2,1H3,(H,23,25)(H,20,21,22). The molecule has 2 N–H and O–H groups in total. The second-order valence-electron chi connectivity index (χ2n) is 5.12. The fourth-order valence-corrected chi connectivity index (χ4v) is 2.42. The van der Waals surface area contributed by atoms with Crippen LogP contribution in [0.4, 0.5) is 11.6 Å². The third-order valence-corrected chi connectivity index (χ3v) is 4.16. The molecule has 0 saturated heterocycles. The fraction of sp³-hybridized carbons (Fsp3) is 0.250. The Morgan fingerprint density at radius 3 is 2.46 bits per heavy atom. The van der Waals surface area contributed by atoms with E-state index in [-0.39, 0.29) is 33.7 Å². The molecule has 138 valence electrons. The number of carbonyl (C=O) groups excluding carboxylic acids is 2. The summed E-state index contributed by atoms with van der Waals surface area (Å²) in [7, 11) is 0. The molecule has 1 amide bonds. The van der Waals surface area contributed by atoms with Crippen molar-refractivity contribution in [3.8, 4) is 0 Å². The molecule has 0 radical (unpaired) electrons. The van der Waals surface area contributed by atoms with Gasteiger partial charge in [0.2, 0.25) is 5.95 Å². The summed E-state index contributed by atoms with van der Waals surface area (Å²) < 4.78 is 5.08. The maximum Gasteiger partial charge on any atom is 0.308 e. The van der Waals surface area contributed by atoms with Gasteiger partial charge in [-0.2, -0.15) is 0 Å². The zero-order valence-corrected chi connectivity index (χ0v) is 15.9. The van der Waals surface area contributed by atoms with Gasteiger partial charge in [-0.25, -0.2) is 9.97 Å². The van der Waals surface area contributed by atoms with Gasteiger partial charge in [-0.1, -0.05) is 34.8 Å². The van der Waals surface area contributed by atoms with Gasteiger partial charge in [-0.15, -0.1) is 0 Å². The molecule has 1 heterocycles. The molecule has 2 rings (SSSR count). The van der Waals surface area contributed by atoms with Crippen LogP contribution in [0.5, 0.6) is 0 Å². The minimum atomic E-state index is -1.01. The van der Waals surface area contributed by atoms with Crippen LogP contribution in [0.15, 0.2) is 30.6 Å². The number of ether oxygens (including phenoxy) is 1. The molecule has 0 bridgehead atoms. The van der Waals surface area contributed by atoms with E-state index >= 15 is 0 Å². The van der Waals surface area contributed by atoms with Gasteiger partial charge >= 0.3 is 5.97 Å². The monoisotopic (exact) mass is 416 g/mol. The van der Waals surface area contributed by atoms with Crippen LogP contribution in [0.2, 0.25) is 15.1 Å². The van der Waals surface area contributed by atoms with E-state index < -0.39 is 18.0 Å². The number of amides is 1. The van der Waals surface area contributed by atoms with E-state index in [1.54, 1.807) is 18.5 Å². The number of benzene rings is 1. The van der Waals surface area contributed by atoms with E-state index in [0.29, 0.717) is 5.95 Å². The lowest BCUT2D eigenvalue weighted by atomic mass is 10.3. The second-order valence-corrected chi connectivity index (χ2v) is 6.34. The van der Waals surface area contributed by atoms with Crippen molar-refractivity contribution < 1.29 is 14.3 Å². The normalized spacial score (nSPS) is 11.5. The molecule has 0 aliphatic carbocycles. The molecule has 0 aliphatic heterocycles. The Labute approximate surface area is 165 Å². The minimum Gasteiger partial charge on any atom is -0.452 e. The number of nitrogens with zero attached hydrogens (tertiary/aromatic N) is 2. The summed E-state index contributed by atoms with van der Waals surface area (Å²) in [6.45, 7) is 1.72. The van der Waals surface area contributed by atoms with Crippen LogP contribution in [-0.4, -0.2) is 34.5 Å². The van der Waals surface area contributed by atoms with Gasteiger partial charge in [0, 0.05) is 18.9 Å². The average Bonchev–Trinajstić information content (AvgIpc) is 2.60. The van der Waals surface area contributed by atoms with Crippen molar-refractivity contribution in [2.75, 3.05) is 17.2 Å². The molecule has 1 unspecified atom stereocenters. The first-order valence-electron chi connectivity index (χ1n) is 7.52. The number of halogens is 3. The first kappa shape index (κ1) is 20.2. The van der Waals surface area contributed by atoms with Gasteiger partial charge < -0.3 is 15.4 Å². The van der Waals surface area contributed by atoms with Crippen LogP contribution in [-0.2, 0) is 14.3 Å². The van der Waals surface area contributed by atoms with Crippen LogP contribution in [0.3, 0.4) is 0 Å². The van der Waals surface area contributed by atoms with Gasteiger partial charge in [0.25, 0.3) is 5.91 Å². The van der Waals surface area contributed by atoms with Crippen molar-refractivity contribution in [1.82, 2.24) is 9.97 Å². The summed E-state index contributed by atoms with van der Waals surface area (Å²) >= 11 is 17.7. The fourth-order valence-electron chi connectivity index (χ4n) is 1.83. The number of anilines is 2. The number of hydrogen-bond acceptors (Lipinski definition) is 6. The molecule has 26 heavy (non-hydrogen) atoms. The van der Waals surface area contributed by atoms with Gasteiger partial charge in [0.1, 0.15) is 0 Å². The van der Waals surface area contributed by atoms with Crippen molar-refractivity contribution in [2.45, 2.75) is 19.4 Å². The van der Waals surface area contributed by atoms with Crippen molar-refractivity contribution >= 4 is 58.3 Å². The highest BCUT2D eigenvalue weighted by atomic mass is 35.5. The number of carbonyl (C=O) groups is 2. The van der Waals surface area contributed by atoms with Crippen molar-refractivity contribution in [3.63, 3.8) is 0 Å². The van der Waals surface area contributed by atoms with Crippen molar-refractivity contribution in [2.24, 2.45) is 0 Å². The SMILES string of the molecule is CC(OC(=O)CCNc1ncccn1)C(=O)Nc1cc(Cl)c(Cl)cc1Cl. The Morgan fingerprint density at radius 2 is 1.77 bits per heavy atom. The Kier molecular flexibility index (Phi) is 7.44. The van der Waals surface area contributed by atoms with Crippen LogP contribution in [0.1, 0.15) is 13.3 Å². The zero-order chi connectivity index (χ0) is 19.1. The second kappa shape index (κ2) is 9.56. The van der Waals surface area contributed by atoms with Gasteiger partial charge in [-0.3, -0.25) is 9.59 Å². The minimum absolute atomic E-state index is 0.0450. The van der Waals surface area contributed by atoms with E-state index in [2.05, 4.69) is 20.6 Å². The van der Waals surface area contributed by atoms with E-state index in [4.69, 9.17) is 39.5 Å². The quantitative estimate of drug-likeness (QED) is 0.525. The Morgan fingerprint density at radius 1 is 1.12 bits per heavy atom. The smallest absolute Gasteiger partial charge is 0.308 e. The maximum absolute atomic E-state index is 12.1. The first-order valence-corrected chi connectivity index (χ1v) is 8.66. The molecule has 7 nitrogen and oxygen atoms in total. The van der Waals surface area contributed by atoms with Gasteiger partial charge in [0.05, 0.1) is 27.2 Å². The third-order valence-electron chi connectivity index (χ3n) is 3.12. The van der Waals surface area contributed by atoms with Gasteiger partial charge in [-0.05, 0) is 25.1 Å². The lowest BCUT2D eigenvalue weighted by Gasteiger charge is -2.15. The molecule has 1 atom stereocenters. The number of nitrogens with one attached hydrogen (secondary N) is 2. The van der Waals surface area contributed by atoms with Crippen LogP contribution >= 0.6 is 34.8 Å². The van der Waals surface area contributed by atoms with Crippen LogP contribution < -0.4 is 10.6 Å². The third kappa shape index (κ3) is 6.01. The molecular formula is C16H15Cl3N4O3. The van der Waals surface area contributed by atoms with Gasteiger partial charge in [0.15, 0.2) is 6.10 Å². The predicted octanol–water partition coefficient (Wildman–Crippen LogP) is 3.81. The maximum atomic E-state index is 12.1. The number of hydrogen-bond donors (Lipinski definition) is 2. The summed E-state index contributed by atoms with van der Waals surface area (Å²) in [5, 5.41) is 6.14. The predicted molar refractivity (Wildman–Crippen MR) is 101 cm³/mol. The Bertz CT molecular complexity index is 790. The molecule has 1 aromatic heterocycles. The summed E-state index contributed by atoms with van der Waals surface area (Å²) in [6, 6.07) is 4.51. The lowest BCUT2D eigenvalue weighted by molar-refractivity contribution is -0.152. The molecule has 0 spiro atoms. The molecule has 10 heteroatoms. The highest BCUT2D eigenvalue weighted by Crippen LogP contribution is 2.32. The Balaban J connectivity index is 1.81. The van der Waals surface area contributed by atoms with Crippen molar-refractivity contribution in [1.29, 1.82) is 0 Å². The summed E-state index contributed by atoms with van der Waals surface area (Å²) in [6.07, 6.45) is 2.19. The number of esters is 1.